The number of guanidine groups is 1. The molecule has 1 aromatic rings. The molecule has 0 aliphatic carbocycles. The van der Waals surface area contributed by atoms with Gasteiger partial charge in [-0.3, -0.25) is 4.99 Å². The van der Waals surface area contributed by atoms with Crippen molar-refractivity contribution in [3.63, 3.8) is 0 Å². The number of alkyl carbamates (subject to hydrolysis) is 1. The molecule has 3 N–H and O–H groups in total. The summed E-state index contributed by atoms with van der Waals surface area (Å²) in [7, 11) is 6.56. The van der Waals surface area contributed by atoms with Gasteiger partial charge in [0.25, 0.3) is 0 Å². The van der Waals surface area contributed by atoms with E-state index in [2.05, 4.69) is 20.9 Å². The van der Waals surface area contributed by atoms with Crippen molar-refractivity contribution in [2.24, 2.45) is 4.99 Å². The second kappa shape index (κ2) is 12.7. The van der Waals surface area contributed by atoms with Crippen LogP contribution in [0.1, 0.15) is 32.8 Å². The minimum atomic E-state index is -0.496. The maximum atomic E-state index is 11.6. The summed E-state index contributed by atoms with van der Waals surface area (Å²) < 4.78 is 21.4. The second-order valence-electron chi connectivity index (χ2n) is 7.47. The van der Waals surface area contributed by atoms with Crippen LogP contribution in [0.2, 0.25) is 0 Å². The molecular formula is C21H36N4O5. The van der Waals surface area contributed by atoms with Crippen LogP contribution in [-0.2, 0) is 11.2 Å². The largest absolute Gasteiger partial charge is 0.496 e. The molecule has 9 heteroatoms. The number of nitrogens with zero attached hydrogens (tertiary/aromatic N) is 1. The van der Waals surface area contributed by atoms with E-state index in [0.29, 0.717) is 49.3 Å². The van der Waals surface area contributed by atoms with Gasteiger partial charge in [-0.25, -0.2) is 4.79 Å². The quantitative estimate of drug-likeness (QED) is 0.301. The Morgan fingerprint density at radius 1 is 0.933 bits per heavy atom. The third-order valence-electron chi connectivity index (χ3n) is 4.02. The van der Waals surface area contributed by atoms with E-state index in [4.69, 9.17) is 18.9 Å². The molecule has 1 amide bonds. The molecular weight excluding hydrogens is 388 g/mol. The van der Waals surface area contributed by atoms with Gasteiger partial charge < -0.3 is 34.9 Å². The predicted molar refractivity (Wildman–Crippen MR) is 118 cm³/mol. The van der Waals surface area contributed by atoms with Crippen LogP contribution >= 0.6 is 0 Å². The zero-order valence-corrected chi connectivity index (χ0v) is 19.2. The highest BCUT2D eigenvalue weighted by Crippen LogP contribution is 2.34. The Balaban J connectivity index is 2.43. The fraction of sp³-hybridized carbons (Fsp3) is 0.619. The zero-order chi connectivity index (χ0) is 22.6. The van der Waals surface area contributed by atoms with Gasteiger partial charge in [0.2, 0.25) is 0 Å². The Hall–Kier alpha value is -2.84. The van der Waals surface area contributed by atoms with Gasteiger partial charge in [-0.15, -0.1) is 0 Å². The van der Waals surface area contributed by atoms with Crippen molar-refractivity contribution in [2.75, 3.05) is 48.0 Å². The summed E-state index contributed by atoms with van der Waals surface area (Å²) in [5.74, 6) is 2.78. The first kappa shape index (κ1) is 25.2. The summed E-state index contributed by atoms with van der Waals surface area (Å²) in [6.45, 7) is 7.31. The summed E-state index contributed by atoms with van der Waals surface area (Å²) >= 11 is 0. The molecule has 1 aromatic carbocycles. The Morgan fingerprint density at radius 2 is 1.50 bits per heavy atom. The molecule has 0 spiro atoms. The van der Waals surface area contributed by atoms with E-state index in [1.54, 1.807) is 28.4 Å². The minimum Gasteiger partial charge on any atom is -0.496 e. The summed E-state index contributed by atoms with van der Waals surface area (Å²) in [4.78, 5) is 15.8. The molecule has 0 fully saturated rings. The Morgan fingerprint density at radius 3 is 2.00 bits per heavy atom. The van der Waals surface area contributed by atoms with E-state index < -0.39 is 11.7 Å². The first-order valence-corrected chi connectivity index (χ1v) is 9.94. The standard InChI is InChI=1S/C21H36N4O5/c1-21(2,3)30-20(26)25-11-8-10-23-19(22-4)24-12-9-16-17(28-6)13-15(27-5)14-18(16)29-7/h13-14H,8-12H2,1-7H3,(H,25,26)(H2,22,23,24). The number of carbonyl (C=O) groups is 1. The van der Waals surface area contributed by atoms with Gasteiger partial charge in [0, 0.05) is 44.4 Å². The van der Waals surface area contributed by atoms with Gasteiger partial charge >= 0.3 is 6.09 Å². The topological polar surface area (TPSA) is 102 Å². The van der Waals surface area contributed by atoms with Gasteiger partial charge in [-0.1, -0.05) is 0 Å². The molecule has 0 atom stereocenters. The van der Waals surface area contributed by atoms with Crippen LogP contribution < -0.4 is 30.2 Å². The van der Waals surface area contributed by atoms with Crippen molar-refractivity contribution in [3.8, 4) is 17.2 Å². The number of amides is 1. The predicted octanol–water partition coefficient (Wildman–Crippen LogP) is 2.33. The van der Waals surface area contributed by atoms with Crippen LogP contribution in [0.25, 0.3) is 0 Å². The van der Waals surface area contributed by atoms with Gasteiger partial charge in [-0.05, 0) is 33.6 Å². The van der Waals surface area contributed by atoms with Crippen molar-refractivity contribution in [1.82, 2.24) is 16.0 Å². The lowest BCUT2D eigenvalue weighted by molar-refractivity contribution is 0.0527. The SMILES string of the molecule is CN=C(NCCCNC(=O)OC(C)(C)C)NCCc1c(OC)cc(OC)cc1OC. The number of ether oxygens (including phenoxy) is 4. The van der Waals surface area contributed by atoms with Crippen LogP contribution in [-0.4, -0.2) is 65.7 Å². The molecule has 1 rings (SSSR count). The fourth-order valence-electron chi connectivity index (χ4n) is 2.65. The minimum absolute atomic E-state index is 0.410. The Kier molecular flexibility index (Phi) is 10.6. The van der Waals surface area contributed by atoms with E-state index in [-0.39, 0.29) is 0 Å². The molecule has 0 heterocycles. The first-order valence-electron chi connectivity index (χ1n) is 9.94. The van der Waals surface area contributed by atoms with Gasteiger partial charge in [0.15, 0.2) is 5.96 Å². The summed E-state index contributed by atoms with van der Waals surface area (Å²) in [6, 6.07) is 3.67. The van der Waals surface area contributed by atoms with Crippen LogP contribution in [0.15, 0.2) is 17.1 Å². The molecule has 0 aliphatic rings. The maximum absolute atomic E-state index is 11.6. The van der Waals surface area contributed by atoms with Crippen molar-refractivity contribution in [1.29, 1.82) is 0 Å². The number of methoxy groups -OCH3 is 3. The average Bonchev–Trinajstić information content (AvgIpc) is 2.70. The van der Waals surface area contributed by atoms with Crippen molar-refractivity contribution in [3.05, 3.63) is 17.7 Å². The number of carbonyl (C=O) groups excluding carboxylic acids is 1. The number of hydrogen-bond acceptors (Lipinski definition) is 6. The summed E-state index contributed by atoms with van der Waals surface area (Å²) in [6.07, 6.45) is 1.00. The molecule has 0 saturated carbocycles. The average molecular weight is 425 g/mol. The first-order chi connectivity index (χ1) is 14.2. The van der Waals surface area contributed by atoms with E-state index in [0.717, 1.165) is 12.0 Å². The van der Waals surface area contributed by atoms with Crippen molar-refractivity contribution < 1.29 is 23.7 Å². The molecule has 0 radical (unpaired) electrons. The van der Waals surface area contributed by atoms with E-state index in [9.17, 15) is 4.79 Å². The molecule has 0 aliphatic heterocycles. The van der Waals surface area contributed by atoms with E-state index in [1.165, 1.54) is 0 Å². The maximum Gasteiger partial charge on any atom is 0.407 e. The van der Waals surface area contributed by atoms with Crippen LogP contribution in [0.4, 0.5) is 4.79 Å². The van der Waals surface area contributed by atoms with Crippen LogP contribution in [0.3, 0.4) is 0 Å². The molecule has 0 aromatic heterocycles. The van der Waals surface area contributed by atoms with E-state index in [1.807, 2.05) is 32.9 Å². The fourth-order valence-corrected chi connectivity index (χ4v) is 2.65. The molecule has 9 nitrogen and oxygen atoms in total. The second-order valence-corrected chi connectivity index (χ2v) is 7.47. The molecule has 0 unspecified atom stereocenters. The number of benzene rings is 1. The van der Waals surface area contributed by atoms with Gasteiger partial charge in [0.1, 0.15) is 22.8 Å². The highest BCUT2D eigenvalue weighted by atomic mass is 16.6. The number of rotatable bonds is 10. The monoisotopic (exact) mass is 424 g/mol. The Labute approximate surface area is 179 Å². The number of hydrogen-bond donors (Lipinski definition) is 3. The molecule has 0 bridgehead atoms. The lowest BCUT2D eigenvalue weighted by Crippen LogP contribution is -2.40. The number of aliphatic imine (C=N–C) groups is 1. The third kappa shape index (κ3) is 9.11. The van der Waals surface area contributed by atoms with Crippen LogP contribution in [0, 0.1) is 0 Å². The smallest absolute Gasteiger partial charge is 0.407 e. The van der Waals surface area contributed by atoms with Gasteiger partial charge in [-0.2, -0.15) is 0 Å². The molecule has 170 valence electrons. The Bertz CT molecular complexity index is 676. The third-order valence-corrected chi connectivity index (χ3v) is 4.02. The lowest BCUT2D eigenvalue weighted by Gasteiger charge is -2.19. The highest BCUT2D eigenvalue weighted by molar-refractivity contribution is 5.79. The normalized spacial score (nSPS) is 11.5. The van der Waals surface area contributed by atoms with Crippen molar-refractivity contribution in [2.45, 2.75) is 39.2 Å². The summed E-state index contributed by atoms with van der Waals surface area (Å²) in [5, 5.41) is 9.21. The van der Waals surface area contributed by atoms with Crippen LogP contribution in [0.5, 0.6) is 17.2 Å². The van der Waals surface area contributed by atoms with E-state index >= 15 is 0 Å². The highest BCUT2D eigenvalue weighted by Gasteiger charge is 2.15. The van der Waals surface area contributed by atoms with Gasteiger partial charge in [0.05, 0.1) is 21.3 Å². The summed E-state index contributed by atoms with van der Waals surface area (Å²) in [5.41, 5.74) is 0.453. The van der Waals surface area contributed by atoms with Crippen molar-refractivity contribution >= 4 is 12.1 Å². The molecule has 30 heavy (non-hydrogen) atoms. The lowest BCUT2D eigenvalue weighted by atomic mass is 10.1. The molecule has 0 saturated heterocycles. The number of nitrogens with one attached hydrogen (secondary N) is 3. The zero-order valence-electron chi connectivity index (χ0n) is 19.2.